The van der Waals surface area contributed by atoms with Crippen molar-refractivity contribution < 1.29 is 27.6 Å². The number of nitrogens with zero attached hydrogens (tertiary/aromatic N) is 3. The van der Waals surface area contributed by atoms with Gasteiger partial charge in [0.15, 0.2) is 11.5 Å². The Balaban J connectivity index is 1.69. The summed E-state index contributed by atoms with van der Waals surface area (Å²) in [5, 5.41) is 14.9. The SMILES string of the molecule is COc1cc(/C=N\Nc2ccc(C(F)(F)F)cn2)c(Br)cc1OCc1cccc([N+](=O)[O-])c1. The van der Waals surface area contributed by atoms with Crippen LogP contribution in [0.15, 0.2) is 64.3 Å². The van der Waals surface area contributed by atoms with Crippen LogP contribution in [0.1, 0.15) is 16.7 Å². The van der Waals surface area contributed by atoms with E-state index in [2.05, 4.69) is 31.4 Å². The molecule has 33 heavy (non-hydrogen) atoms. The van der Waals surface area contributed by atoms with E-state index < -0.39 is 16.7 Å². The van der Waals surface area contributed by atoms with Crippen molar-refractivity contribution in [1.82, 2.24) is 4.98 Å². The number of benzene rings is 2. The van der Waals surface area contributed by atoms with Crippen molar-refractivity contribution in [2.45, 2.75) is 12.8 Å². The molecule has 0 aliphatic heterocycles. The minimum Gasteiger partial charge on any atom is -0.493 e. The number of nitro benzene ring substituents is 1. The minimum absolute atomic E-state index is 0.0363. The quantitative estimate of drug-likeness (QED) is 0.227. The lowest BCUT2D eigenvalue weighted by molar-refractivity contribution is -0.384. The molecular weight excluding hydrogens is 509 g/mol. The van der Waals surface area contributed by atoms with Crippen LogP contribution < -0.4 is 14.9 Å². The van der Waals surface area contributed by atoms with E-state index >= 15 is 0 Å². The molecule has 2 aromatic carbocycles. The van der Waals surface area contributed by atoms with Gasteiger partial charge in [0.2, 0.25) is 0 Å². The van der Waals surface area contributed by atoms with Gasteiger partial charge in [-0.25, -0.2) is 4.98 Å². The molecule has 0 saturated heterocycles. The second kappa shape index (κ2) is 10.3. The van der Waals surface area contributed by atoms with E-state index in [9.17, 15) is 23.3 Å². The lowest BCUT2D eigenvalue weighted by Gasteiger charge is -2.13. The van der Waals surface area contributed by atoms with Crippen molar-refractivity contribution in [2.24, 2.45) is 5.10 Å². The Bertz CT molecular complexity index is 1170. The third kappa shape index (κ3) is 6.42. The summed E-state index contributed by atoms with van der Waals surface area (Å²) in [6, 6.07) is 11.4. The fourth-order valence-electron chi connectivity index (χ4n) is 2.64. The maximum Gasteiger partial charge on any atom is 0.417 e. The predicted octanol–water partition coefficient (Wildman–Crippen LogP) is 5.80. The number of pyridine rings is 1. The maximum atomic E-state index is 12.6. The number of halogens is 4. The highest BCUT2D eigenvalue weighted by molar-refractivity contribution is 9.10. The molecule has 0 spiro atoms. The molecule has 0 amide bonds. The molecule has 3 aromatic rings. The molecule has 0 fully saturated rings. The molecule has 0 atom stereocenters. The Hall–Kier alpha value is -3.67. The number of anilines is 1. The van der Waals surface area contributed by atoms with Crippen LogP contribution in [0.4, 0.5) is 24.7 Å². The average Bonchev–Trinajstić information content (AvgIpc) is 2.78. The van der Waals surface area contributed by atoms with E-state index in [-0.39, 0.29) is 18.1 Å². The van der Waals surface area contributed by atoms with Crippen LogP contribution in [0.2, 0.25) is 0 Å². The van der Waals surface area contributed by atoms with Crippen molar-refractivity contribution in [3.8, 4) is 11.5 Å². The number of hydrogen-bond donors (Lipinski definition) is 1. The Labute approximate surface area is 194 Å². The van der Waals surface area contributed by atoms with Crippen molar-refractivity contribution in [3.05, 3.63) is 86.0 Å². The Morgan fingerprint density at radius 1 is 1.21 bits per heavy atom. The molecule has 12 heteroatoms. The summed E-state index contributed by atoms with van der Waals surface area (Å²) < 4.78 is 49.5. The third-order valence-corrected chi connectivity index (χ3v) is 4.96. The first-order valence-corrected chi connectivity index (χ1v) is 10.0. The van der Waals surface area contributed by atoms with Gasteiger partial charge in [-0.3, -0.25) is 15.5 Å². The number of hydrazone groups is 1. The number of methoxy groups -OCH3 is 1. The molecule has 0 radical (unpaired) electrons. The first kappa shape index (κ1) is 24.0. The van der Waals surface area contributed by atoms with Crippen LogP contribution in [-0.2, 0) is 12.8 Å². The van der Waals surface area contributed by atoms with Crippen LogP contribution >= 0.6 is 15.9 Å². The summed E-state index contributed by atoms with van der Waals surface area (Å²) in [6.45, 7) is 0.0824. The number of rotatable bonds is 8. The lowest BCUT2D eigenvalue weighted by Crippen LogP contribution is -2.05. The fraction of sp³-hybridized carbons (Fsp3) is 0.143. The molecular formula is C21H16BrF3N4O4. The van der Waals surface area contributed by atoms with Gasteiger partial charge in [-0.05, 0) is 45.8 Å². The highest BCUT2D eigenvalue weighted by atomic mass is 79.9. The molecule has 172 valence electrons. The van der Waals surface area contributed by atoms with Crippen LogP contribution in [0.25, 0.3) is 0 Å². The van der Waals surface area contributed by atoms with Gasteiger partial charge < -0.3 is 9.47 Å². The minimum atomic E-state index is -4.46. The van der Waals surface area contributed by atoms with Crippen molar-refractivity contribution >= 4 is 33.6 Å². The number of alkyl halides is 3. The monoisotopic (exact) mass is 524 g/mol. The van der Waals surface area contributed by atoms with E-state index in [0.717, 1.165) is 6.07 Å². The zero-order chi connectivity index (χ0) is 24.0. The van der Waals surface area contributed by atoms with E-state index in [0.29, 0.717) is 33.3 Å². The van der Waals surface area contributed by atoms with Crippen LogP contribution in [0.3, 0.4) is 0 Å². The van der Waals surface area contributed by atoms with Crippen molar-refractivity contribution in [3.63, 3.8) is 0 Å². The summed E-state index contributed by atoms with van der Waals surface area (Å²) in [5.74, 6) is 0.919. The van der Waals surface area contributed by atoms with Gasteiger partial charge in [-0.1, -0.05) is 12.1 Å². The molecule has 1 aromatic heterocycles. The molecule has 8 nitrogen and oxygen atoms in total. The molecule has 1 N–H and O–H groups in total. The Morgan fingerprint density at radius 3 is 2.64 bits per heavy atom. The lowest BCUT2D eigenvalue weighted by atomic mass is 10.2. The number of nitrogens with one attached hydrogen (secondary N) is 1. The number of nitro groups is 1. The van der Waals surface area contributed by atoms with Gasteiger partial charge in [0.05, 0.1) is 23.8 Å². The zero-order valence-corrected chi connectivity index (χ0v) is 18.6. The molecule has 3 rings (SSSR count). The van der Waals surface area contributed by atoms with Crippen LogP contribution in [0, 0.1) is 10.1 Å². The maximum absolute atomic E-state index is 12.6. The van der Waals surface area contributed by atoms with Crippen molar-refractivity contribution in [1.29, 1.82) is 0 Å². The summed E-state index contributed by atoms with van der Waals surface area (Å²) in [7, 11) is 1.45. The zero-order valence-electron chi connectivity index (χ0n) is 17.0. The van der Waals surface area contributed by atoms with Crippen molar-refractivity contribution in [2.75, 3.05) is 12.5 Å². The first-order chi connectivity index (χ1) is 15.7. The smallest absolute Gasteiger partial charge is 0.417 e. The summed E-state index contributed by atoms with van der Waals surface area (Å²) in [6.07, 6.45) is -2.32. The van der Waals surface area contributed by atoms with Crippen LogP contribution in [-0.4, -0.2) is 23.2 Å². The molecule has 0 aliphatic carbocycles. The number of hydrogen-bond acceptors (Lipinski definition) is 7. The topological polar surface area (TPSA) is 98.9 Å². The third-order valence-electron chi connectivity index (χ3n) is 4.27. The Kier molecular flexibility index (Phi) is 7.48. The molecule has 0 unspecified atom stereocenters. The van der Waals surface area contributed by atoms with E-state index in [1.165, 1.54) is 31.5 Å². The Morgan fingerprint density at radius 2 is 2.00 bits per heavy atom. The highest BCUT2D eigenvalue weighted by Crippen LogP contribution is 2.34. The summed E-state index contributed by atoms with van der Waals surface area (Å²) in [4.78, 5) is 14.1. The molecule has 0 bridgehead atoms. The van der Waals surface area contributed by atoms with Gasteiger partial charge in [-0.15, -0.1) is 0 Å². The second-order valence-electron chi connectivity index (χ2n) is 6.54. The first-order valence-electron chi connectivity index (χ1n) is 9.23. The van der Waals surface area contributed by atoms with E-state index in [1.807, 2.05) is 0 Å². The molecule has 1 heterocycles. The fourth-order valence-corrected chi connectivity index (χ4v) is 3.06. The van der Waals surface area contributed by atoms with Gasteiger partial charge in [0, 0.05) is 28.4 Å². The van der Waals surface area contributed by atoms with E-state index in [1.54, 1.807) is 24.3 Å². The van der Waals surface area contributed by atoms with Crippen LogP contribution in [0.5, 0.6) is 11.5 Å². The van der Waals surface area contributed by atoms with Gasteiger partial charge >= 0.3 is 6.18 Å². The summed E-state index contributed by atoms with van der Waals surface area (Å²) in [5.41, 5.74) is 2.87. The number of ether oxygens (including phenoxy) is 2. The average molecular weight is 525 g/mol. The summed E-state index contributed by atoms with van der Waals surface area (Å²) >= 11 is 3.40. The predicted molar refractivity (Wildman–Crippen MR) is 119 cm³/mol. The highest BCUT2D eigenvalue weighted by Gasteiger charge is 2.30. The number of aromatic nitrogens is 1. The largest absolute Gasteiger partial charge is 0.493 e. The van der Waals surface area contributed by atoms with Gasteiger partial charge in [0.1, 0.15) is 12.4 Å². The normalized spacial score (nSPS) is 11.4. The number of non-ortho nitro benzene ring substituents is 1. The molecule has 0 saturated carbocycles. The van der Waals surface area contributed by atoms with E-state index in [4.69, 9.17) is 9.47 Å². The van der Waals surface area contributed by atoms with Gasteiger partial charge in [-0.2, -0.15) is 18.3 Å². The standard InChI is InChI=1S/C21H16BrF3N4O4/c1-32-18-8-14(10-27-28-20-6-5-15(11-26-20)21(23,24)25)17(22)9-19(18)33-12-13-3-2-4-16(7-13)29(30)31/h2-11H,12H2,1H3,(H,26,28)/b27-10-. The molecule has 0 aliphatic rings. The second-order valence-corrected chi connectivity index (χ2v) is 7.39. The van der Waals surface area contributed by atoms with Gasteiger partial charge in [0.25, 0.3) is 5.69 Å².